The molecule has 0 unspecified atom stereocenters. The molecule has 0 radical (unpaired) electrons. The second kappa shape index (κ2) is 9.76. The summed E-state index contributed by atoms with van der Waals surface area (Å²) in [6.07, 6.45) is 0. The summed E-state index contributed by atoms with van der Waals surface area (Å²) in [6, 6.07) is 18.5. The lowest BCUT2D eigenvalue weighted by atomic mass is 10.2. The van der Waals surface area contributed by atoms with Crippen molar-refractivity contribution in [2.45, 2.75) is 6.54 Å². The van der Waals surface area contributed by atoms with E-state index in [2.05, 4.69) is 40.1 Å². The number of hydrogen-bond acceptors (Lipinski definition) is 5. The molecule has 6 heteroatoms. The number of rotatable bonds is 6. The molecule has 0 spiro atoms. The molecular weight excluding hydrogens is 366 g/mol. The van der Waals surface area contributed by atoms with Crippen molar-refractivity contribution >= 4 is 11.6 Å². The predicted octanol–water partition coefficient (Wildman–Crippen LogP) is 2.25. The fourth-order valence-electron chi connectivity index (χ4n) is 3.82. The minimum Gasteiger partial charge on any atom is -0.484 e. The molecule has 2 fully saturated rings. The molecule has 2 aliphatic rings. The molecule has 2 aromatic carbocycles. The second-order valence-electron chi connectivity index (χ2n) is 7.53. The highest BCUT2D eigenvalue weighted by Crippen LogP contribution is 2.22. The van der Waals surface area contributed by atoms with Gasteiger partial charge in [-0.2, -0.15) is 0 Å². The Labute approximate surface area is 172 Å². The highest BCUT2D eigenvalue weighted by Gasteiger charge is 2.21. The van der Waals surface area contributed by atoms with Crippen molar-refractivity contribution in [1.29, 1.82) is 0 Å². The number of piperazine rings is 1. The molecule has 6 nitrogen and oxygen atoms in total. The van der Waals surface area contributed by atoms with Gasteiger partial charge in [0.15, 0.2) is 6.61 Å². The highest BCUT2D eigenvalue weighted by molar-refractivity contribution is 5.78. The third kappa shape index (κ3) is 5.49. The van der Waals surface area contributed by atoms with Crippen molar-refractivity contribution in [1.82, 2.24) is 9.80 Å². The van der Waals surface area contributed by atoms with Gasteiger partial charge < -0.3 is 19.3 Å². The summed E-state index contributed by atoms with van der Waals surface area (Å²) in [7, 11) is 0. The predicted molar refractivity (Wildman–Crippen MR) is 113 cm³/mol. The first-order valence-electron chi connectivity index (χ1n) is 10.4. The van der Waals surface area contributed by atoms with Crippen molar-refractivity contribution in [3.63, 3.8) is 0 Å². The number of anilines is 1. The Hall–Kier alpha value is -2.57. The maximum absolute atomic E-state index is 12.6. The van der Waals surface area contributed by atoms with E-state index in [0.29, 0.717) is 0 Å². The van der Waals surface area contributed by atoms with Gasteiger partial charge in [-0.25, -0.2) is 0 Å². The molecule has 1 amide bonds. The first-order chi connectivity index (χ1) is 14.3. The summed E-state index contributed by atoms with van der Waals surface area (Å²) in [5.74, 6) is 0.797. The van der Waals surface area contributed by atoms with Crippen LogP contribution in [0, 0.1) is 0 Å². The third-order valence-corrected chi connectivity index (χ3v) is 5.53. The molecule has 2 aromatic rings. The molecule has 0 N–H and O–H groups in total. The molecule has 29 heavy (non-hydrogen) atoms. The van der Waals surface area contributed by atoms with Gasteiger partial charge >= 0.3 is 0 Å². The van der Waals surface area contributed by atoms with E-state index < -0.39 is 0 Å². The number of carbonyl (C=O) groups excluding carboxylic acids is 1. The summed E-state index contributed by atoms with van der Waals surface area (Å²) in [5.41, 5.74) is 2.43. The molecule has 0 aromatic heterocycles. The SMILES string of the molecule is O=C(COc1cccc(N2CCOCC2)c1)N1CCN(Cc2ccccc2)CC1. The Morgan fingerprint density at radius 3 is 2.41 bits per heavy atom. The first kappa shape index (κ1) is 19.7. The Balaban J connectivity index is 1.23. The number of amides is 1. The Morgan fingerprint density at radius 2 is 1.66 bits per heavy atom. The lowest BCUT2D eigenvalue weighted by Gasteiger charge is -2.34. The zero-order valence-electron chi connectivity index (χ0n) is 16.8. The van der Waals surface area contributed by atoms with E-state index in [9.17, 15) is 4.79 Å². The Morgan fingerprint density at radius 1 is 0.897 bits per heavy atom. The van der Waals surface area contributed by atoms with Crippen LogP contribution in [0.25, 0.3) is 0 Å². The van der Waals surface area contributed by atoms with Crippen molar-refractivity contribution in [3.05, 3.63) is 60.2 Å². The van der Waals surface area contributed by atoms with E-state index in [0.717, 1.165) is 70.5 Å². The van der Waals surface area contributed by atoms with E-state index in [4.69, 9.17) is 9.47 Å². The summed E-state index contributed by atoms with van der Waals surface area (Å²) in [6.45, 7) is 7.59. The fourth-order valence-corrected chi connectivity index (χ4v) is 3.82. The van der Waals surface area contributed by atoms with Crippen LogP contribution < -0.4 is 9.64 Å². The molecule has 2 saturated heterocycles. The average Bonchev–Trinajstić information content (AvgIpc) is 2.79. The molecule has 0 aliphatic carbocycles. The van der Waals surface area contributed by atoms with Crippen molar-refractivity contribution in [3.8, 4) is 5.75 Å². The van der Waals surface area contributed by atoms with Gasteiger partial charge in [0.25, 0.3) is 5.91 Å². The van der Waals surface area contributed by atoms with E-state index in [1.807, 2.05) is 29.2 Å². The molecule has 0 saturated carbocycles. The van der Waals surface area contributed by atoms with Crippen LogP contribution in [0.4, 0.5) is 5.69 Å². The van der Waals surface area contributed by atoms with Gasteiger partial charge in [0.05, 0.1) is 13.2 Å². The first-order valence-corrected chi connectivity index (χ1v) is 10.4. The zero-order chi connectivity index (χ0) is 19.9. The quantitative estimate of drug-likeness (QED) is 0.751. The Kier molecular flexibility index (Phi) is 6.64. The van der Waals surface area contributed by atoms with Crippen LogP contribution in [-0.2, 0) is 16.1 Å². The minimum atomic E-state index is 0.0566. The van der Waals surface area contributed by atoms with Gasteiger partial charge in [0.2, 0.25) is 0 Å². The molecule has 2 aliphatic heterocycles. The summed E-state index contributed by atoms with van der Waals surface area (Å²) in [4.78, 5) is 19.2. The van der Waals surface area contributed by atoms with Crippen molar-refractivity contribution < 1.29 is 14.3 Å². The maximum Gasteiger partial charge on any atom is 0.260 e. The summed E-state index contributed by atoms with van der Waals surface area (Å²) in [5, 5.41) is 0. The molecule has 0 bridgehead atoms. The second-order valence-corrected chi connectivity index (χ2v) is 7.53. The molecule has 154 valence electrons. The zero-order valence-corrected chi connectivity index (χ0v) is 16.8. The summed E-state index contributed by atoms with van der Waals surface area (Å²) >= 11 is 0. The molecule has 2 heterocycles. The normalized spacial score (nSPS) is 17.9. The Bertz CT molecular complexity index is 785. The molecule has 0 atom stereocenters. The monoisotopic (exact) mass is 395 g/mol. The lowest BCUT2D eigenvalue weighted by Crippen LogP contribution is -2.49. The highest BCUT2D eigenvalue weighted by atomic mass is 16.5. The van der Waals surface area contributed by atoms with Gasteiger partial charge in [0.1, 0.15) is 5.75 Å². The van der Waals surface area contributed by atoms with Crippen LogP contribution >= 0.6 is 0 Å². The molecular formula is C23H29N3O3. The van der Waals surface area contributed by atoms with Crippen LogP contribution in [0.2, 0.25) is 0 Å². The van der Waals surface area contributed by atoms with Crippen LogP contribution in [0.1, 0.15) is 5.56 Å². The van der Waals surface area contributed by atoms with Gasteiger partial charge in [-0.05, 0) is 17.7 Å². The van der Waals surface area contributed by atoms with Gasteiger partial charge in [-0.15, -0.1) is 0 Å². The largest absolute Gasteiger partial charge is 0.484 e. The van der Waals surface area contributed by atoms with Crippen LogP contribution in [-0.4, -0.2) is 74.8 Å². The third-order valence-electron chi connectivity index (χ3n) is 5.53. The van der Waals surface area contributed by atoms with E-state index in [1.165, 1.54) is 5.56 Å². The maximum atomic E-state index is 12.6. The smallest absolute Gasteiger partial charge is 0.260 e. The van der Waals surface area contributed by atoms with E-state index >= 15 is 0 Å². The number of ether oxygens (including phenoxy) is 2. The minimum absolute atomic E-state index is 0.0566. The van der Waals surface area contributed by atoms with Gasteiger partial charge in [-0.3, -0.25) is 9.69 Å². The van der Waals surface area contributed by atoms with Crippen LogP contribution in [0.5, 0.6) is 5.75 Å². The number of morpholine rings is 1. The topological polar surface area (TPSA) is 45.2 Å². The van der Waals surface area contributed by atoms with Gasteiger partial charge in [-0.1, -0.05) is 36.4 Å². The number of benzene rings is 2. The summed E-state index contributed by atoms with van der Waals surface area (Å²) < 4.78 is 11.2. The van der Waals surface area contributed by atoms with Gasteiger partial charge in [0, 0.05) is 57.6 Å². The number of carbonyl (C=O) groups is 1. The van der Waals surface area contributed by atoms with Crippen LogP contribution in [0.3, 0.4) is 0 Å². The van der Waals surface area contributed by atoms with E-state index in [1.54, 1.807) is 0 Å². The fraction of sp³-hybridized carbons (Fsp3) is 0.435. The molecule has 4 rings (SSSR count). The van der Waals surface area contributed by atoms with Crippen molar-refractivity contribution in [2.24, 2.45) is 0 Å². The van der Waals surface area contributed by atoms with Crippen LogP contribution in [0.15, 0.2) is 54.6 Å². The number of nitrogens with zero attached hydrogens (tertiary/aromatic N) is 3. The van der Waals surface area contributed by atoms with E-state index in [-0.39, 0.29) is 12.5 Å². The number of hydrogen-bond donors (Lipinski definition) is 0. The average molecular weight is 396 g/mol. The lowest BCUT2D eigenvalue weighted by molar-refractivity contribution is -0.135. The standard InChI is InChI=1S/C23H29N3O3/c27-23(26-11-9-24(10-12-26)18-20-5-2-1-3-6-20)19-29-22-8-4-7-21(17-22)25-13-15-28-16-14-25/h1-8,17H,9-16,18-19H2. The van der Waals surface area contributed by atoms with Crippen molar-refractivity contribution in [2.75, 3.05) is 64.0 Å².